The van der Waals surface area contributed by atoms with Gasteiger partial charge in [-0.05, 0) is 50.8 Å². The van der Waals surface area contributed by atoms with E-state index in [9.17, 15) is 13.2 Å². The minimum Gasteiger partial charge on any atom is -0.267 e. The predicted molar refractivity (Wildman–Crippen MR) is 99.2 cm³/mol. The third-order valence-electron chi connectivity index (χ3n) is 4.29. The van der Waals surface area contributed by atoms with Crippen molar-refractivity contribution in [1.29, 1.82) is 0 Å². The third-order valence-corrected chi connectivity index (χ3v) is 6.18. The van der Waals surface area contributed by atoms with E-state index in [1.54, 1.807) is 12.1 Å². The Labute approximate surface area is 150 Å². The fourth-order valence-corrected chi connectivity index (χ4v) is 4.31. The Morgan fingerprint density at radius 1 is 1.24 bits per heavy atom. The Bertz CT molecular complexity index is 723. The van der Waals surface area contributed by atoms with Crippen LogP contribution in [0.4, 0.5) is 0 Å². The molecule has 138 valence electrons. The number of amides is 1. The molecule has 0 aromatic heterocycles. The molecular formula is C18H27N3O3S. The summed E-state index contributed by atoms with van der Waals surface area (Å²) in [4.78, 5) is 12.4. The van der Waals surface area contributed by atoms with Gasteiger partial charge in [0.2, 0.25) is 10.0 Å². The highest BCUT2D eigenvalue weighted by atomic mass is 32.2. The first-order chi connectivity index (χ1) is 11.9. The molecule has 1 saturated heterocycles. The second-order valence-corrected chi connectivity index (χ2v) is 8.32. The monoisotopic (exact) mass is 365 g/mol. The summed E-state index contributed by atoms with van der Waals surface area (Å²) in [5.41, 5.74) is 3.66. The smallest absolute Gasteiger partial charge is 0.267 e. The van der Waals surface area contributed by atoms with E-state index in [2.05, 4.69) is 17.5 Å². The number of benzene rings is 1. The standard InChI is InChI=1S/C18H27N3O3S/c1-3-4-9-15(2)19-20-18(22)16-10-8-11-17(14-16)25(23,24)21-12-6-5-7-13-21/h8,10-11,14H,3-7,9,12-13H2,1-2H3,(H,20,22). The van der Waals surface area contributed by atoms with Gasteiger partial charge in [0, 0.05) is 24.4 Å². The molecule has 1 N–H and O–H groups in total. The minimum absolute atomic E-state index is 0.161. The van der Waals surface area contributed by atoms with Crippen molar-refractivity contribution in [1.82, 2.24) is 9.73 Å². The van der Waals surface area contributed by atoms with Crippen molar-refractivity contribution in [3.05, 3.63) is 29.8 Å². The molecule has 2 rings (SSSR count). The number of carbonyl (C=O) groups is 1. The number of hydrazone groups is 1. The van der Waals surface area contributed by atoms with Gasteiger partial charge < -0.3 is 0 Å². The fourth-order valence-electron chi connectivity index (χ4n) is 2.75. The summed E-state index contributed by atoms with van der Waals surface area (Å²) < 4.78 is 26.9. The molecule has 0 unspecified atom stereocenters. The maximum absolute atomic E-state index is 12.7. The molecule has 1 aliphatic rings. The van der Waals surface area contributed by atoms with E-state index in [0.29, 0.717) is 18.7 Å². The van der Waals surface area contributed by atoms with E-state index < -0.39 is 15.9 Å². The molecule has 1 amide bonds. The van der Waals surface area contributed by atoms with Gasteiger partial charge in [0.15, 0.2) is 0 Å². The minimum atomic E-state index is -3.54. The molecule has 0 bridgehead atoms. The van der Waals surface area contributed by atoms with Gasteiger partial charge in [-0.1, -0.05) is 25.8 Å². The largest absolute Gasteiger partial charge is 0.271 e. The number of nitrogens with one attached hydrogen (secondary N) is 1. The van der Waals surface area contributed by atoms with Gasteiger partial charge in [-0.25, -0.2) is 13.8 Å². The van der Waals surface area contributed by atoms with Gasteiger partial charge >= 0.3 is 0 Å². The zero-order valence-corrected chi connectivity index (χ0v) is 15.8. The topological polar surface area (TPSA) is 78.8 Å². The van der Waals surface area contributed by atoms with Gasteiger partial charge in [-0.3, -0.25) is 4.79 Å². The van der Waals surface area contributed by atoms with Crippen molar-refractivity contribution < 1.29 is 13.2 Å². The number of rotatable bonds is 7. The van der Waals surface area contributed by atoms with Crippen LogP contribution < -0.4 is 5.43 Å². The van der Waals surface area contributed by atoms with Crippen LogP contribution in [0.5, 0.6) is 0 Å². The maximum atomic E-state index is 12.7. The van der Waals surface area contributed by atoms with Crippen LogP contribution in [0.15, 0.2) is 34.3 Å². The van der Waals surface area contributed by atoms with E-state index in [4.69, 9.17) is 0 Å². The summed E-state index contributed by atoms with van der Waals surface area (Å²) in [6.45, 7) is 5.05. The van der Waals surface area contributed by atoms with Crippen LogP contribution in [-0.4, -0.2) is 37.4 Å². The highest BCUT2D eigenvalue weighted by Crippen LogP contribution is 2.21. The van der Waals surface area contributed by atoms with Crippen molar-refractivity contribution in [3.63, 3.8) is 0 Å². The highest BCUT2D eigenvalue weighted by molar-refractivity contribution is 7.89. The van der Waals surface area contributed by atoms with E-state index in [1.165, 1.54) is 16.4 Å². The average Bonchev–Trinajstić information content (AvgIpc) is 2.65. The second kappa shape index (κ2) is 9.10. The molecule has 0 aliphatic carbocycles. The summed E-state index contributed by atoms with van der Waals surface area (Å²) in [5, 5.41) is 4.08. The average molecular weight is 365 g/mol. The van der Waals surface area contributed by atoms with E-state index >= 15 is 0 Å². The first kappa shape index (κ1) is 19.6. The molecule has 7 heteroatoms. The normalized spacial score (nSPS) is 16.6. The highest BCUT2D eigenvalue weighted by Gasteiger charge is 2.26. The predicted octanol–water partition coefficient (Wildman–Crippen LogP) is 3.16. The van der Waals surface area contributed by atoms with Crippen LogP contribution in [0.1, 0.15) is 62.7 Å². The lowest BCUT2D eigenvalue weighted by molar-refractivity contribution is 0.0954. The molecule has 1 aromatic carbocycles. The summed E-state index contributed by atoms with van der Waals surface area (Å²) in [7, 11) is -3.54. The third kappa shape index (κ3) is 5.37. The number of hydrogen-bond acceptors (Lipinski definition) is 4. The SMILES string of the molecule is CCCCC(C)=NNC(=O)c1cccc(S(=O)(=O)N2CCCCC2)c1. The van der Waals surface area contributed by atoms with E-state index in [1.807, 2.05) is 6.92 Å². The van der Waals surface area contributed by atoms with Crippen LogP contribution in [0.25, 0.3) is 0 Å². The molecule has 1 fully saturated rings. The fraction of sp³-hybridized carbons (Fsp3) is 0.556. The lowest BCUT2D eigenvalue weighted by Crippen LogP contribution is -2.35. The molecule has 0 saturated carbocycles. The molecule has 0 spiro atoms. The number of sulfonamides is 1. The van der Waals surface area contributed by atoms with Gasteiger partial charge in [0.1, 0.15) is 0 Å². The summed E-state index contributed by atoms with van der Waals surface area (Å²) in [6, 6.07) is 6.16. The van der Waals surface area contributed by atoms with Crippen molar-refractivity contribution in [2.24, 2.45) is 5.10 Å². The lowest BCUT2D eigenvalue weighted by atomic mass is 10.2. The summed E-state index contributed by atoms with van der Waals surface area (Å²) >= 11 is 0. The molecule has 1 heterocycles. The van der Waals surface area contributed by atoms with Crippen LogP contribution in [-0.2, 0) is 10.0 Å². The lowest BCUT2D eigenvalue weighted by Gasteiger charge is -2.25. The molecular weight excluding hydrogens is 338 g/mol. The van der Waals surface area contributed by atoms with Crippen molar-refractivity contribution >= 4 is 21.6 Å². The zero-order valence-electron chi connectivity index (χ0n) is 15.0. The Morgan fingerprint density at radius 2 is 1.96 bits per heavy atom. The summed E-state index contributed by atoms with van der Waals surface area (Å²) in [6.07, 6.45) is 5.74. The number of unbranched alkanes of at least 4 members (excludes halogenated alkanes) is 1. The zero-order chi connectivity index (χ0) is 18.3. The van der Waals surface area contributed by atoms with Gasteiger partial charge in [-0.2, -0.15) is 9.41 Å². The van der Waals surface area contributed by atoms with Crippen LogP contribution in [0.2, 0.25) is 0 Å². The molecule has 0 radical (unpaired) electrons. The molecule has 0 atom stereocenters. The quantitative estimate of drug-likeness (QED) is 0.595. The van der Waals surface area contributed by atoms with Gasteiger partial charge in [-0.15, -0.1) is 0 Å². The molecule has 1 aromatic rings. The van der Waals surface area contributed by atoms with Gasteiger partial charge in [0.25, 0.3) is 5.91 Å². The Morgan fingerprint density at radius 3 is 2.64 bits per heavy atom. The van der Waals surface area contributed by atoms with Gasteiger partial charge in [0.05, 0.1) is 4.90 Å². The molecule has 1 aliphatic heterocycles. The van der Waals surface area contributed by atoms with Crippen molar-refractivity contribution in [3.8, 4) is 0 Å². The second-order valence-electron chi connectivity index (χ2n) is 6.38. The first-order valence-corrected chi connectivity index (χ1v) is 10.3. The number of nitrogens with zero attached hydrogens (tertiary/aromatic N) is 2. The molecule has 6 nitrogen and oxygen atoms in total. The Kier molecular flexibility index (Phi) is 7.13. The van der Waals surface area contributed by atoms with E-state index in [0.717, 1.165) is 44.2 Å². The summed E-state index contributed by atoms with van der Waals surface area (Å²) in [5.74, 6) is -0.397. The molecule has 25 heavy (non-hydrogen) atoms. The Hall–Kier alpha value is -1.73. The number of carbonyl (C=O) groups excluding carboxylic acids is 1. The first-order valence-electron chi connectivity index (χ1n) is 8.89. The van der Waals surface area contributed by atoms with Crippen LogP contribution in [0, 0.1) is 0 Å². The maximum Gasteiger partial charge on any atom is 0.271 e. The number of hydrogen-bond donors (Lipinski definition) is 1. The van der Waals surface area contributed by atoms with Crippen molar-refractivity contribution in [2.45, 2.75) is 57.3 Å². The van der Waals surface area contributed by atoms with E-state index in [-0.39, 0.29) is 4.90 Å². The van der Waals surface area contributed by atoms with Crippen LogP contribution in [0.3, 0.4) is 0 Å². The number of piperidine rings is 1. The van der Waals surface area contributed by atoms with Crippen LogP contribution >= 0.6 is 0 Å². The Balaban J connectivity index is 2.11. The van der Waals surface area contributed by atoms with Crippen molar-refractivity contribution in [2.75, 3.05) is 13.1 Å².